The van der Waals surface area contributed by atoms with E-state index in [0.29, 0.717) is 11.1 Å². The molecule has 3 aromatic rings. The summed E-state index contributed by atoms with van der Waals surface area (Å²) in [5, 5.41) is 18.9. The Kier molecular flexibility index (Phi) is 4.59. The summed E-state index contributed by atoms with van der Waals surface area (Å²) < 4.78 is 0. The molecule has 0 spiro atoms. The number of hydrogen-bond acceptors (Lipinski definition) is 2. The molecule has 3 rings (SSSR count). The quantitative estimate of drug-likeness (QED) is 0.694. The van der Waals surface area contributed by atoms with Gasteiger partial charge in [-0.2, -0.15) is 0 Å². The molecule has 0 unspecified atom stereocenters. The standard InChI is InChI=1S/C22H18O4/c1-13-3-7-15(8-4-13)17-11-19(21(23)24)20(22(25)26)12-18(17)16-9-5-14(2)6-10-16/h3-12H,1-2H3,(H,23,24)(H,25,26). The third kappa shape index (κ3) is 3.35. The van der Waals surface area contributed by atoms with Crippen LogP contribution in [0, 0.1) is 13.8 Å². The molecule has 0 atom stereocenters. The van der Waals surface area contributed by atoms with Gasteiger partial charge in [0.15, 0.2) is 0 Å². The summed E-state index contributed by atoms with van der Waals surface area (Å²) in [6.07, 6.45) is 0. The lowest BCUT2D eigenvalue weighted by Crippen LogP contribution is -2.09. The van der Waals surface area contributed by atoms with Crippen molar-refractivity contribution in [3.8, 4) is 22.3 Å². The predicted octanol–water partition coefficient (Wildman–Crippen LogP) is 5.03. The van der Waals surface area contributed by atoms with Gasteiger partial charge in [0, 0.05) is 0 Å². The summed E-state index contributed by atoms with van der Waals surface area (Å²) in [6, 6.07) is 18.3. The summed E-state index contributed by atoms with van der Waals surface area (Å²) in [6.45, 7) is 3.95. The van der Waals surface area contributed by atoms with Crippen LogP contribution in [0.2, 0.25) is 0 Å². The molecule has 4 heteroatoms. The van der Waals surface area contributed by atoms with Gasteiger partial charge in [0.25, 0.3) is 0 Å². The molecule has 2 N–H and O–H groups in total. The Morgan fingerprint density at radius 1 is 0.615 bits per heavy atom. The average Bonchev–Trinajstić information content (AvgIpc) is 2.62. The zero-order chi connectivity index (χ0) is 18.8. The highest BCUT2D eigenvalue weighted by atomic mass is 16.4. The molecule has 0 aliphatic carbocycles. The van der Waals surface area contributed by atoms with Crippen LogP contribution in [0.1, 0.15) is 31.8 Å². The van der Waals surface area contributed by atoms with Crippen LogP contribution < -0.4 is 0 Å². The van der Waals surface area contributed by atoms with Crippen LogP contribution in [0.25, 0.3) is 22.3 Å². The number of carboxylic acids is 2. The fraction of sp³-hybridized carbons (Fsp3) is 0.0909. The van der Waals surface area contributed by atoms with Gasteiger partial charge in [0.05, 0.1) is 11.1 Å². The minimum absolute atomic E-state index is 0.219. The lowest BCUT2D eigenvalue weighted by atomic mass is 9.89. The molecule has 4 nitrogen and oxygen atoms in total. The van der Waals surface area contributed by atoms with Gasteiger partial charge in [-0.25, -0.2) is 9.59 Å². The van der Waals surface area contributed by atoms with E-state index >= 15 is 0 Å². The van der Waals surface area contributed by atoms with E-state index in [1.165, 1.54) is 12.1 Å². The molecule has 0 radical (unpaired) electrons. The van der Waals surface area contributed by atoms with Gasteiger partial charge in [0.2, 0.25) is 0 Å². The Labute approximate surface area is 151 Å². The van der Waals surface area contributed by atoms with Crippen molar-refractivity contribution in [2.24, 2.45) is 0 Å². The summed E-state index contributed by atoms with van der Waals surface area (Å²) in [4.78, 5) is 23.2. The van der Waals surface area contributed by atoms with E-state index in [0.717, 1.165) is 22.3 Å². The van der Waals surface area contributed by atoms with Crippen molar-refractivity contribution in [1.82, 2.24) is 0 Å². The molecule has 0 aliphatic heterocycles. The number of benzene rings is 3. The minimum atomic E-state index is -1.26. The van der Waals surface area contributed by atoms with Gasteiger partial charge in [-0.1, -0.05) is 59.7 Å². The number of hydrogen-bond donors (Lipinski definition) is 2. The Hall–Kier alpha value is -3.40. The fourth-order valence-electron chi connectivity index (χ4n) is 2.90. The van der Waals surface area contributed by atoms with Gasteiger partial charge in [-0.3, -0.25) is 0 Å². The van der Waals surface area contributed by atoms with Crippen LogP contribution in [0.15, 0.2) is 60.7 Å². The van der Waals surface area contributed by atoms with Crippen molar-refractivity contribution in [3.05, 3.63) is 82.9 Å². The molecule has 0 bridgehead atoms. The first kappa shape index (κ1) is 17.4. The molecule has 26 heavy (non-hydrogen) atoms. The van der Waals surface area contributed by atoms with Crippen molar-refractivity contribution in [2.75, 3.05) is 0 Å². The van der Waals surface area contributed by atoms with E-state index in [2.05, 4.69) is 0 Å². The maximum absolute atomic E-state index is 11.6. The number of carboxylic acid groups (broad SMARTS) is 2. The maximum Gasteiger partial charge on any atom is 0.336 e. The summed E-state index contributed by atoms with van der Waals surface area (Å²) in [5.74, 6) is -2.52. The molecular weight excluding hydrogens is 328 g/mol. The number of carbonyl (C=O) groups is 2. The summed E-state index contributed by atoms with van der Waals surface area (Å²) in [7, 11) is 0. The second kappa shape index (κ2) is 6.84. The molecule has 3 aromatic carbocycles. The van der Waals surface area contributed by atoms with E-state index in [9.17, 15) is 19.8 Å². The van der Waals surface area contributed by atoms with E-state index in [4.69, 9.17) is 0 Å². The Balaban J connectivity index is 2.33. The topological polar surface area (TPSA) is 74.6 Å². The molecule has 0 amide bonds. The number of rotatable bonds is 4. The van der Waals surface area contributed by atoms with E-state index in [1.54, 1.807) is 0 Å². The lowest BCUT2D eigenvalue weighted by Gasteiger charge is -2.14. The van der Waals surface area contributed by atoms with Crippen LogP contribution >= 0.6 is 0 Å². The van der Waals surface area contributed by atoms with Crippen molar-refractivity contribution >= 4 is 11.9 Å². The molecule has 0 fully saturated rings. The van der Waals surface area contributed by atoms with Gasteiger partial charge in [0.1, 0.15) is 0 Å². The molecule has 0 saturated carbocycles. The van der Waals surface area contributed by atoms with Crippen molar-refractivity contribution in [1.29, 1.82) is 0 Å². The third-order valence-electron chi connectivity index (χ3n) is 4.34. The van der Waals surface area contributed by atoms with Crippen LogP contribution in [-0.2, 0) is 0 Å². The first-order chi connectivity index (χ1) is 12.4. The Morgan fingerprint density at radius 3 is 1.19 bits per heavy atom. The smallest absolute Gasteiger partial charge is 0.336 e. The highest BCUT2D eigenvalue weighted by Crippen LogP contribution is 2.35. The van der Waals surface area contributed by atoms with Crippen LogP contribution in [0.3, 0.4) is 0 Å². The Bertz CT molecular complexity index is 901. The van der Waals surface area contributed by atoms with E-state index in [1.807, 2.05) is 62.4 Å². The molecular formula is C22H18O4. The molecule has 0 heterocycles. The van der Waals surface area contributed by atoms with Crippen molar-refractivity contribution in [3.63, 3.8) is 0 Å². The van der Waals surface area contributed by atoms with E-state index in [-0.39, 0.29) is 11.1 Å². The van der Waals surface area contributed by atoms with E-state index < -0.39 is 11.9 Å². The first-order valence-electron chi connectivity index (χ1n) is 8.15. The predicted molar refractivity (Wildman–Crippen MR) is 101 cm³/mol. The second-order valence-electron chi connectivity index (χ2n) is 6.29. The van der Waals surface area contributed by atoms with Crippen LogP contribution in [-0.4, -0.2) is 22.2 Å². The van der Waals surface area contributed by atoms with Crippen molar-refractivity contribution in [2.45, 2.75) is 13.8 Å². The molecule has 0 aromatic heterocycles. The summed E-state index contributed by atoms with van der Waals surface area (Å²) >= 11 is 0. The molecule has 0 saturated heterocycles. The number of aromatic carboxylic acids is 2. The van der Waals surface area contributed by atoms with Crippen LogP contribution in [0.5, 0.6) is 0 Å². The largest absolute Gasteiger partial charge is 0.478 e. The van der Waals surface area contributed by atoms with Gasteiger partial charge in [-0.05, 0) is 48.2 Å². The second-order valence-corrected chi connectivity index (χ2v) is 6.29. The molecule has 130 valence electrons. The van der Waals surface area contributed by atoms with Crippen molar-refractivity contribution < 1.29 is 19.8 Å². The average molecular weight is 346 g/mol. The van der Waals surface area contributed by atoms with Gasteiger partial charge in [-0.15, -0.1) is 0 Å². The highest BCUT2D eigenvalue weighted by Gasteiger charge is 2.21. The normalized spacial score (nSPS) is 10.5. The monoisotopic (exact) mass is 346 g/mol. The molecule has 0 aliphatic rings. The highest BCUT2D eigenvalue weighted by molar-refractivity contribution is 6.05. The lowest BCUT2D eigenvalue weighted by molar-refractivity contribution is 0.0651. The third-order valence-corrected chi connectivity index (χ3v) is 4.34. The maximum atomic E-state index is 11.6. The zero-order valence-corrected chi connectivity index (χ0v) is 14.5. The van der Waals surface area contributed by atoms with Gasteiger partial charge < -0.3 is 10.2 Å². The minimum Gasteiger partial charge on any atom is -0.478 e. The summed E-state index contributed by atoms with van der Waals surface area (Å²) in [5.41, 5.74) is 4.80. The first-order valence-corrected chi connectivity index (χ1v) is 8.15. The van der Waals surface area contributed by atoms with Gasteiger partial charge >= 0.3 is 11.9 Å². The van der Waals surface area contributed by atoms with Crippen LogP contribution in [0.4, 0.5) is 0 Å². The Morgan fingerprint density at radius 2 is 0.923 bits per heavy atom. The number of aryl methyl sites for hydroxylation is 2. The fourth-order valence-corrected chi connectivity index (χ4v) is 2.90. The SMILES string of the molecule is Cc1ccc(-c2cc(C(=O)O)c(C(=O)O)cc2-c2ccc(C)cc2)cc1. The zero-order valence-electron chi connectivity index (χ0n) is 14.5.